The third-order valence-corrected chi connectivity index (χ3v) is 5.49. The molecule has 0 aliphatic heterocycles. The van der Waals surface area contributed by atoms with Crippen molar-refractivity contribution < 1.29 is 19.5 Å². The highest BCUT2D eigenvalue weighted by Gasteiger charge is 2.40. The summed E-state index contributed by atoms with van der Waals surface area (Å²) in [5.41, 5.74) is -1.70. The summed E-state index contributed by atoms with van der Waals surface area (Å²) < 4.78 is 0. The summed E-state index contributed by atoms with van der Waals surface area (Å²) in [7, 11) is 0. The van der Waals surface area contributed by atoms with Gasteiger partial charge in [-0.2, -0.15) is 0 Å². The van der Waals surface area contributed by atoms with E-state index < -0.39 is 11.6 Å². The number of rotatable bonds is 20. The van der Waals surface area contributed by atoms with Crippen LogP contribution in [0, 0.1) is 0 Å². The first-order valence-corrected chi connectivity index (χ1v) is 12.3. The normalized spacial score (nSPS) is 11.3. The predicted octanol–water partition coefficient (Wildman–Crippen LogP) is 5.69. The molecular weight excluding hydrogens is 380 g/mol. The van der Waals surface area contributed by atoms with Crippen molar-refractivity contribution in [1.82, 2.24) is 10.6 Å². The lowest BCUT2D eigenvalue weighted by Crippen LogP contribution is -2.65. The number of carbonyl (C=O) groups excluding carboxylic acids is 2. The zero-order valence-electron chi connectivity index (χ0n) is 19.7. The molecule has 6 heteroatoms. The highest BCUT2D eigenvalue weighted by atomic mass is 16.4. The monoisotopic (exact) mass is 426 g/mol. The number of carboxylic acid groups (broad SMARTS) is 1. The highest BCUT2D eigenvalue weighted by molar-refractivity contribution is 5.91. The summed E-state index contributed by atoms with van der Waals surface area (Å²) in [5, 5.41) is 15.1. The van der Waals surface area contributed by atoms with Gasteiger partial charge in [0.2, 0.25) is 17.5 Å². The van der Waals surface area contributed by atoms with Gasteiger partial charge in [0.15, 0.2) is 0 Å². The average Bonchev–Trinajstić information content (AvgIpc) is 2.71. The van der Waals surface area contributed by atoms with Gasteiger partial charge in [0, 0.05) is 19.3 Å². The first-order valence-electron chi connectivity index (χ1n) is 12.3. The molecule has 176 valence electrons. The quantitative estimate of drug-likeness (QED) is 0.172. The molecule has 0 rings (SSSR count). The Kier molecular flexibility index (Phi) is 17.2. The minimum Gasteiger partial charge on any atom is -0.478 e. The maximum atomic E-state index is 12.4. The molecule has 0 aromatic carbocycles. The molecule has 3 N–H and O–H groups in total. The molecule has 6 nitrogen and oxygen atoms in total. The van der Waals surface area contributed by atoms with Gasteiger partial charge in [-0.25, -0.2) is 4.79 Å². The van der Waals surface area contributed by atoms with E-state index in [9.17, 15) is 19.5 Å². The van der Waals surface area contributed by atoms with E-state index in [1.54, 1.807) is 0 Å². The van der Waals surface area contributed by atoms with Gasteiger partial charge in [0.25, 0.3) is 0 Å². The van der Waals surface area contributed by atoms with E-state index in [2.05, 4.69) is 24.5 Å². The minimum absolute atomic E-state index is 0.198. The second-order valence-electron chi connectivity index (χ2n) is 8.45. The van der Waals surface area contributed by atoms with Crippen LogP contribution in [0.1, 0.15) is 130 Å². The van der Waals surface area contributed by atoms with E-state index in [4.69, 9.17) is 0 Å². The second-order valence-corrected chi connectivity index (χ2v) is 8.45. The topological polar surface area (TPSA) is 95.5 Å². The lowest BCUT2D eigenvalue weighted by molar-refractivity contribution is -0.152. The number of amides is 2. The first-order chi connectivity index (χ1) is 14.4. The van der Waals surface area contributed by atoms with Crippen LogP contribution in [0.5, 0.6) is 0 Å². The molecule has 30 heavy (non-hydrogen) atoms. The van der Waals surface area contributed by atoms with Crippen LogP contribution in [0.3, 0.4) is 0 Å². The fourth-order valence-electron chi connectivity index (χ4n) is 3.54. The van der Waals surface area contributed by atoms with Crippen LogP contribution in [0.2, 0.25) is 0 Å². The molecule has 0 unspecified atom stereocenters. The smallest absolute Gasteiger partial charge is 0.350 e. The molecule has 0 aliphatic carbocycles. The van der Waals surface area contributed by atoms with Gasteiger partial charge in [-0.3, -0.25) is 9.59 Å². The lowest BCUT2D eigenvalue weighted by atomic mass is 10.0. The predicted molar refractivity (Wildman–Crippen MR) is 122 cm³/mol. The van der Waals surface area contributed by atoms with Crippen molar-refractivity contribution in [1.29, 1.82) is 0 Å². The number of carboxylic acids is 1. The fourth-order valence-corrected chi connectivity index (χ4v) is 3.54. The summed E-state index contributed by atoms with van der Waals surface area (Å²) in [6.07, 6.45) is 14.9. The Morgan fingerprint density at radius 2 is 0.967 bits per heavy atom. The Morgan fingerprint density at radius 1 is 0.600 bits per heavy atom. The molecule has 2 amide bonds. The maximum absolute atomic E-state index is 12.4. The van der Waals surface area contributed by atoms with Gasteiger partial charge in [0.1, 0.15) is 0 Å². The molecule has 0 atom stereocenters. The number of aliphatic carboxylic acids is 1. The number of nitrogens with one attached hydrogen (secondary N) is 2. The van der Waals surface area contributed by atoms with Crippen molar-refractivity contribution in [3.63, 3.8) is 0 Å². The molecule has 0 heterocycles. The number of carbonyl (C=O) groups is 3. The van der Waals surface area contributed by atoms with Gasteiger partial charge in [-0.05, 0) is 19.3 Å². The Balaban J connectivity index is 4.66. The Labute approximate surface area is 184 Å². The van der Waals surface area contributed by atoms with E-state index in [0.29, 0.717) is 19.3 Å². The third kappa shape index (κ3) is 13.6. The van der Waals surface area contributed by atoms with Crippen molar-refractivity contribution in [3.8, 4) is 0 Å². The molecule has 0 radical (unpaired) electrons. The van der Waals surface area contributed by atoms with Crippen LogP contribution in [0.25, 0.3) is 0 Å². The lowest BCUT2D eigenvalue weighted by Gasteiger charge is -2.31. The van der Waals surface area contributed by atoms with Crippen LogP contribution in [-0.2, 0) is 14.4 Å². The van der Waals surface area contributed by atoms with Crippen LogP contribution in [-0.4, -0.2) is 28.6 Å². The summed E-state index contributed by atoms with van der Waals surface area (Å²) in [6.45, 7) is 6.29. The van der Waals surface area contributed by atoms with Crippen molar-refractivity contribution in [2.24, 2.45) is 0 Å². The van der Waals surface area contributed by atoms with Crippen LogP contribution in [0.15, 0.2) is 0 Å². The Hall–Kier alpha value is -1.59. The zero-order valence-corrected chi connectivity index (χ0v) is 19.7. The molecule has 0 aliphatic rings. The molecule has 0 saturated heterocycles. The summed E-state index contributed by atoms with van der Waals surface area (Å²) in [5.74, 6) is -1.80. The molecule has 0 aromatic heterocycles. The average molecular weight is 427 g/mol. The van der Waals surface area contributed by atoms with Gasteiger partial charge in [-0.15, -0.1) is 0 Å². The van der Waals surface area contributed by atoms with Gasteiger partial charge < -0.3 is 15.7 Å². The summed E-state index contributed by atoms with van der Waals surface area (Å²) >= 11 is 0. The molecule has 0 saturated carbocycles. The standard InChI is InChI=1S/C24H46N2O4/c1-4-7-10-12-14-16-18-21(27)25-24(23(29)30,20-9-6-3)26-22(28)19-17-15-13-11-8-5-2/h4-20H2,1-3H3,(H,25,27)(H,26,28)(H,29,30). The first kappa shape index (κ1) is 28.4. The largest absolute Gasteiger partial charge is 0.478 e. The van der Waals surface area contributed by atoms with Crippen molar-refractivity contribution >= 4 is 17.8 Å². The SMILES string of the molecule is CCCCCCCCC(=O)NC(CCCC)(NC(=O)CCCCCCCC)C(=O)O. The summed E-state index contributed by atoms with van der Waals surface area (Å²) in [6, 6.07) is 0. The molecule has 0 aromatic rings. The van der Waals surface area contributed by atoms with Crippen LogP contribution < -0.4 is 10.6 Å². The minimum atomic E-state index is -1.70. The van der Waals surface area contributed by atoms with Gasteiger partial charge in [-0.1, -0.05) is 91.4 Å². The van der Waals surface area contributed by atoms with Crippen molar-refractivity contribution in [2.45, 2.75) is 136 Å². The molecular formula is C24H46N2O4. The number of hydrogen-bond donors (Lipinski definition) is 3. The van der Waals surface area contributed by atoms with Gasteiger partial charge >= 0.3 is 5.97 Å². The fraction of sp³-hybridized carbons (Fsp3) is 0.875. The molecule has 0 bridgehead atoms. The third-order valence-electron chi connectivity index (χ3n) is 5.49. The van der Waals surface area contributed by atoms with E-state index in [0.717, 1.165) is 44.9 Å². The molecule has 0 fully saturated rings. The van der Waals surface area contributed by atoms with E-state index in [-0.39, 0.29) is 18.2 Å². The molecule has 0 spiro atoms. The number of hydrogen-bond acceptors (Lipinski definition) is 3. The van der Waals surface area contributed by atoms with Crippen molar-refractivity contribution in [2.75, 3.05) is 0 Å². The van der Waals surface area contributed by atoms with Gasteiger partial charge in [0.05, 0.1) is 0 Å². The van der Waals surface area contributed by atoms with E-state index in [1.807, 2.05) is 6.92 Å². The number of unbranched alkanes of at least 4 members (excludes halogenated alkanes) is 11. The summed E-state index contributed by atoms with van der Waals surface area (Å²) in [4.78, 5) is 36.9. The van der Waals surface area contributed by atoms with Crippen molar-refractivity contribution in [3.05, 3.63) is 0 Å². The van der Waals surface area contributed by atoms with Crippen LogP contribution in [0.4, 0.5) is 0 Å². The zero-order chi connectivity index (χ0) is 22.7. The van der Waals surface area contributed by atoms with E-state index in [1.165, 1.54) is 38.5 Å². The Bertz CT molecular complexity index is 450. The highest BCUT2D eigenvalue weighted by Crippen LogP contribution is 2.15. The van der Waals surface area contributed by atoms with E-state index >= 15 is 0 Å². The Morgan fingerprint density at radius 3 is 1.33 bits per heavy atom. The second kappa shape index (κ2) is 18.2. The van der Waals surface area contributed by atoms with Crippen LogP contribution >= 0.6 is 0 Å². The maximum Gasteiger partial charge on any atom is 0.350 e.